The van der Waals surface area contributed by atoms with Crippen LogP contribution in [0, 0.1) is 6.92 Å². The average Bonchev–Trinajstić information content (AvgIpc) is 3.36. The first-order valence-corrected chi connectivity index (χ1v) is 10.2. The molecule has 0 aliphatic carbocycles. The quantitative estimate of drug-likeness (QED) is 0.826. The Bertz CT molecular complexity index is 774. The Balaban J connectivity index is 1.20. The van der Waals surface area contributed by atoms with Gasteiger partial charge in [0.15, 0.2) is 5.76 Å². The molecule has 2 saturated heterocycles. The minimum Gasteiger partial charge on any atom is -0.372 e. The largest absolute Gasteiger partial charge is 0.372 e. The van der Waals surface area contributed by atoms with Crippen LogP contribution in [-0.4, -0.2) is 66.7 Å². The number of carbonyl (C=O) groups is 1. The number of amides is 1. The molecule has 2 aliphatic rings. The topological polar surface area (TPSA) is 64.8 Å². The van der Waals surface area contributed by atoms with Crippen molar-refractivity contribution in [3.05, 3.63) is 41.8 Å². The van der Waals surface area contributed by atoms with E-state index in [-0.39, 0.29) is 5.91 Å². The van der Waals surface area contributed by atoms with Crippen molar-refractivity contribution in [2.45, 2.75) is 26.3 Å². The zero-order valence-corrected chi connectivity index (χ0v) is 16.6. The molecule has 0 saturated carbocycles. The molecule has 0 radical (unpaired) electrons. The zero-order valence-electron chi connectivity index (χ0n) is 16.6. The van der Waals surface area contributed by atoms with Gasteiger partial charge in [-0.25, -0.2) is 0 Å². The number of carbonyl (C=O) groups excluding carboxylic acids is 1. The van der Waals surface area contributed by atoms with Crippen molar-refractivity contribution in [1.82, 2.24) is 15.0 Å². The molecule has 3 heterocycles. The average molecular weight is 383 g/mol. The zero-order chi connectivity index (χ0) is 19.3. The van der Waals surface area contributed by atoms with E-state index in [0.29, 0.717) is 6.54 Å². The van der Waals surface area contributed by atoms with Crippen LogP contribution in [0.15, 0.2) is 34.9 Å². The Morgan fingerprint density at radius 3 is 2.36 bits per heavy atom. The second-order valence-corrected chi connectivity index (χ2v) is 7.78. The van der Waals surface area contributed by atoms with E-state index in [4.69, 9.17) is 4.52 Å². The second-order valence-electron chi connectivity index (χ2n) is 7.78. The molecule has 0 atom stereocenters. The highest BCUT2D eigenvalue weighted by atomic mass is 16.5. The third kappa shape index (κ3) is 4.91. The highest BCUT2D eigenvalue weighted by Gasteiger charge is 2.20. The summed E-state index contributed by atoms with van der Waals surface area (Å²) in [4.78, 5) is 19.3. The van der Waals surface area contributed by atoms with Crippen molar-refractivity contribution in [3.63, 3.8) is 0 Å². The molecule has 28 heavy (non-hydrogen) atoms. The van der Waals surface area contributed by atoms with Gasteiger partial charge in [-0.2, -0.15) is 0 Å². The molecule has 0 spiro atoms. The van der Waals surface area contributed by atoms with Gasteiger partial charge in [0.25, 0.3) is 0 Å². The lowest BCUT2D eigenvalue weighted by Gasteiger charge is -2.33. The molecule has 1 N–H and O–H groups in total. The smallest absolute Gasteiger partial charge is 0.238 e. The van der Waals surface area contributed by atoms with Crippen LogP contribution in [0.1, 0.15) is 24.3 Å². The van der Waals surface area contributed by atoms with E-state index in [1.807, 2.05) is 25.1 Å². The molecule has 0 unspecified atom stereocenters. The fourth-order valence-electron chi connectivity index (χ4n) is 3.95. The van der Waals surface area contributed by atoms with Crippen LogP contribution in [0.2, 0.25) is 0 Å². The van der Waals surface area contributed by atoms with E-state index in [9.17, 15) is 4.79 Å². The number of anilines is 2. The van der Waals surface area contributed by atoms with Crippen molar-refractivity contribution < 1.29 is 9.32 Å². The van der Waals surface area contributed by atoms with Crippen molar-refractivity contribution in [3.8, 4) is 0 Å². The first-order valence-electron chi connectivity index (χ1n) is 10.2. The predicted octanol–water partition coefficient (Wildman–Crippen LogP) is 2.34. The fraction of sp³-hybridized carbons (Fsp3) is 0.524. The minimum atomic E-state index is 0.0493. The van der Waals surface area contributed by atoms with Gasteiger partial charge in [-0.15, -0.1) is 0 Å². The monoisotopic (exact) mass is 383 g/mol. The summed E-state index contributed by atoms with van der Waals surface area (Å²) in [6.45, 7) is 9.04. The Morgan fingerprint density at radius 2 is 1.71 bits per heavy atom. The van der Waals surface area contributed by atoms with Crippen molar-refractivity contribution in [2.75, 3.05) is 56.0 Å². The molecule has 7 heteroatoms. The van der Waals surface area contributed by atoms with Gasteiger partial charge in [-0.3, -0.25) is 14.6 Å². The standard InChI is InChI=1S/C21H29N5O2/c1-17-14-20(28-23-17)15-24-10-12-25(13-11-24)16-21(27)22-18-4-6-19(7-5-18)26-8-2-3-9-26/h4-7,14H,2-3,8-13,15-16H2,1H3,(H,22,27). The summed E-state index contributed by atoms with van der Waals surface area (Å²) in [7, 11) is 0. The van der Waals surface area contributed by atoms with Crippen LogP contribution in [0.4, 0.5) is 11.4 Å². The molecule has 1 amide bonds. The first-order chi connectivity index (χ1) is 13.7. The van der Waals surface area contributed by atoms with E-state index in [1.54, 1.807) is 0 Å². The molecule has 2 aromatic rings. The van der Waals surface area contributed by atoms with Gasteiger partial charge in [0.1, 0.15) is 0 Å². The molecule has 1 aromatic heterocycles. The Hall–Kier alpha value is -2.38. The second kappa shape index (κ2) is 8.75. The Labute approximate surface area is 166 Å². The molecule has 1 aromatic carbocycles. The number of hydrogen-bond acceptors (Lipinski definition) is 6. The summed E-state index contributed by atoms with van der Waals surface area (Å²) in [5.74, 6) is 0.953. The number of aryl methyl sites for hydroxylation is 1. The number of piperazine rings is 1. The highest BCUT2D eigenvalue weighted by molar-refractivity contribution is 5.92. The molecular weight excluding hydrogens is 354 g/mol. The van der Waals surface area contributed by atoms with Crippen LogP contribution in [0.3, 0.4) is 0 Å². The van der Waals surface area contributed by atoms with Crippen LogP contribution >= 0.6 is 0 Å². The van der Waals surface area contributed by atoms with Gasteiger partial charge in [-0.1, -0.05) is 5.16 Å². The summed E-state index contributed by atoms with van der Waals surface area (Å²) in [5.41, 5.74) is 3.03. The number of rotatable bonds is 6. The maximum absolute atomic E-state index is 12.4. The number of aromatic nitrogens is 1. The summed E-state index contributed by atoms with van der Waals surface area (Å²) in [6.07, 6.45) is 2.54. The third-order valence-electron chi connectivity index (χ3n) is 5.51. The van der Waals surface area contributed by atoms with Crippen LogP contribution < -0.4 is 10.2 Å². The summed E-state index contributed by atoms with van der Waals surface area (Å²) in [5, 5.41) is 6.96. The minimum absolute atomic E-state index is 0.0493. The van der Waals surface area contributed by atoms with E-state index in [0.717, 1.165) is 63.0 Å². The van der Waals surface area contributed by atoms with Gasteiger partial charge in [0.05, 0.1) is 18.8 Å². The molecule has 2 fully saturated rings. The molecule has 150 valence electrons. The predicted molar refractivity (Wildman–Crippen MR) is 109 cm³/mol. The molecular formula is C21H29N5O2. The summed E-state index contributed by atoms with van der Waals surface area (Å²) < 4.78 is 5.29. The number of hydrogen-bond donors (Lipinski definition) is 1. The summed E-state index contributed by atoms with van der Waals surface area (Å²) in [6, 6.07) is 10.2. The van der Waals surface area contributed by atoms with Crippen LogP contribution in [0.25, 0.3) is 0 Å². The van der Waals surface area contributed by atoms with Gasteiger partial charge in [0, 0.05) is 56.7 Å². The molecule has 2 aliphatic heterocycles. The lowest BCUT2D eigenvalue weighted by atomic mass is 10.2. The Kier molecular flexibility index (Phi) is 5.92. The maximum atomic E-state index is 12.4. The van der Waals surface area contributed by atoms with E-state index in [2.05, 4.69) is 37.3 Å². The highest BCUT2D eigenvalue weighted by Crippen LogP contribution is 2.22. The fourth-order valence-corrected chi connectivity index (χ4v) is 3.95. The SMILES string of the molecule is Cc1cc(CN2CCN(CC(=O)Nc3ccc(N4CCCC4)cc3)CC2)on1. The third-order valence-corrected chi connectivity index (χ3v) is 5.51. The number of nitrogens with zero attached hydrogens (tertiary/aromatic N) is 4. The van der Waals surface area contributed by atoms with Crippen molar-refractivity contribution >= 4 is 17.3 Å². The van der Waals surface area contributed by atoms with Gasteiger partial charge >= 0.3 is 0 Å². The van der Waals surface area contributed by atoms with Crippen LogP contribution in [-0.2, 0) is 11.3 Å². The molecule has 0 bridgehead atoms. The van der Waals surface area contributed by atoms with Crippen molar-refractivity contribution in [2.24, 2.45) is 0 Å². The summed E-state index contributed by atoms with van der Waals surface area (Å²) >= 11 is 0. The van der Waals surface area contributed by atoms with E-state index < -0.39 is 0 Å². The number of benzene rings is 1. The number of nitrogens with one attached hydrogen (secondary N) is 1. The Morgan fingerprint density at radius 1 is 1.04 bits per heavy atom. The van der Waals surface area contributed by atoms with E-state index >= 15 is 0 Å². The van der Waals surface area contributed by atoms with E-state index in [1.165, 1.54) is 18.5 Å². The maximum Gasteiger partial charge on any atom is 0.238 e. The van der Waals surface area contributed by atoms with Gasteiger partial charge in [0.2, 0.25) is 5.91 Å². The normalized spacial score (nSPS) is 18.5. The van der Waals surface area contributed by atoms with Crippen LogP contribution in [0.5, 0.6) is 0 Å². The molecule has 4 rings (SSSR count). The first kappa shape index (κ1) is 19.0. The molecule has 7 nitrogen and oxygen atoms in total. The lowest BCUT2D eigenvalue weighted by molar-refractivity contribution is -0.117. The van der Waals surface area contributed by atoms with Gasteiger partial charge in [-0.05, 0) is 44.0 Å². The van der Waals surface area contributed by atoms with Gasteiger partial charge < -0.3 is 14.7 Å². The van der Waals surface area contributed by atoms with Crippen molar-refractivity contribution in [1.29, 1.82) is 0 Å². The lowest BCUT2D eigenvalue weighted by Crippen LogP contribution is -2.48.